The molecule has 0 aliphatic heterocycles. The van der Waals surface area contributed by atoms with E-state index in [1.54, 1.807) is 26.2 Å². The van der Waals surface area contributed by atoms with E-state index in [2.05, 4.69) is 10.2 Å². The molecule has 1 aromatic heterocycles. The summed E-state index contributed by atoms with van der Waals surface area (Å²) in [5, 5.41) is 6.42. The normalized spacial score (nSPS) is 12.1. The molecule has 0 unspecified atom stereocenters. The van der Waals surface area contributed by atoms with Gasteiger partial charge in [0.15, 0.2) is 0 Å². The van der Waals surface area contributed by atoms with Gasteiger partial charge in [-0.15, -0.1) is 0 Å². The summed E-state index contributed by atoms with van der Waals surface area (Å²) in [7, 11) is -2.18. The molecule has 20 heavy (non-hydrogen) atoms. The van der Waals surface area contributed by atoms with E-state index in [1.807, 2.05) is 0 Å². The highest BCUT2D eigenvalue weighted by Crippen LogP contribution is 2.25. The number of aromatic amines is 1. The lowest BCUT2D eigenvalue weighted by atomic mass is 10.1. The summed E-state index contributed by atoms with van der Waals surface area (Å²) in [5.74, 6) is -0.434. The molecule has 0 fully saturated rings. The second-order valence-corrected chi connectivity index (χ2v) is 6.72. The lowest BCUT2D eigenvalue weighted by molar-refractivity contribution is 0.465. The predicted octanol–water partition coefficient (Wildman–Crippen LogP) is 1.99. The van der Waals surface area contributed by atoms with Crippen LogP contribution in [-0.2, 0) is 16.6 Å². The van der Waals surface area contributed by atoms with Crippen molar-refractivity contribution in [3.05, 3.63) is 47.0 Å². The van der Waals surface area contributed by atoms with Crippen LogP contribution in [0.4, 0.5) is 4.39 Å². The summed E-state index contributed by atoms with van der Waals surface area (Å²) >= 11 is 0. The van der Waals surface area contributed by atoms with Crippen molar-refractivity contribution in [2.75, 3.05) is 7.05 Å². The van der Waals surface area contributed by atoms with Crippen LogP contribution in [0.25, 0.3) is 0 Å². The van der Waals surface area contributed by atoms with Crippen LogP contribution in [-0.4, -0.2) is 30.0 Å². The molecule has 5 nitrogen and oxygen atoms in total. The van der Waals surface area contributed by atoms with Gasteiger partial charge in [0.05, 0.1) is 11.1 Å². The summed E-state index contributed by atoms with van der Waals surface area (Å²) in [6.07, 6.45) is 3.20. The fourth-order valence-corrected chi connectivity index (χ4v) is 3.73. The Morgan fingerprint density at radius 3 is 2.40 bits per heavy atom. The van der Waals surface area contributed by atoms with Crippen molar-refractivity contribution in [1.29, 1.82) is 0 Å². The Bertz CT molecular complexity index is 688. The SMILES string of the molecule is Cc1cc(F)cc(C)c1S(=O)(=O)N(C)Cc1cn[nH]c1. The minimum atomic E-state index is -3.67. The average molecular weight is 297 g/mol. The van der Waals surface area contributed by atoms with Gasteiger partial charge in [0.2, 0.25) is 10.0 Å². The van der Waals surface area contributed by atoms with Crippen LogP contribution in [0, 0.1) is 19.7 Å². The molecule has 0 atom stereocenters. The molecule has 2 aromatic rings. The minimum Gasteiger partial charge on any atom is -0.285 e. The Balaban J connectivity index is 2.40. The number of nitrogens with one attached hydrogen (secondary N) is 1. The maximum atomic E-state index is 13.3. The van der Waals surface area contributed by atoms with Gasteiger partial charge >= 0.3 is 0 Å². The molecule has 0 aliphatic carbocycles. The van der Waals surface area contributed by atoms with E-state index in [9.17, 15) is 12.8 Å². The van der Waals surface area contributed by atoms with Crippen molar-refractivity contribution in [2.45, 2.75) is 25.3 Å². The molecule has 0 amide bonds. The predicted molar refractivity (Wildman–Crippen MR) is 73.1 cm³/mol. The zero-order valence-corrected chi connectivity index (χ0v) is 12.3. The molecule has 1 aromatic carbocycles. The van der Waals surface area contributed by atoms with Crippen molar-refractivity contribution in [2.24, 2.45) is 0 Å². The van der Waals surface area contributed by atoms with Crippen LogP contribution in [0.2, 0.25) is 0 Å². The largest absolute Gasteiger partial charge is 0.285 e. The fraction of sp³-hybridized carbons (Fsp3) is 0.308. The molecule has 1 heterocycles. The fourth-order valence-electron chi connectivity index (χ4n) is 2.17. The Hall–Kier alpha value is -1.73. The molecule has 2 rings (SSSR count). The monoisotopic (exact) mass is 297 g/mol. The highest BCUT2D eigenvalue weighted by molar-refractivity contribution is 7.89. The zero-order valence-electron chi connectivity index (χ0n) is 11.5. The van der Waals surface area contributed by atoms with E-state index in [0.717, 1.165) is 5.56 Å². The van der Waals surface area contributed by atoms with Gasteiger partial charge in [-0.25, -0.2) is 12.8 Å². The molecule has 0 spiro atoms. The third kappa shape index (κ3) is 2.73. The quantitative estimate of drug-likeness (QED) is 0.938. The number of halogens is 1. The molecule has 108 valence electrons. The molecule has 0 bridgehead atoms. The molecule has 0 saturated heterocycles. The lowest BCUT2D eigenvalue weighted by Gasteiger charge is -2.19. The van der Waals surface area contributed by atoms with Crippen LogP contribution in [0.5, 0.6) is 0 Å². The van der Waals surface area contributed by atoms with E-state index < -0.39 is 15.8 Å². The van der Waals surface area contributed by atoms with Crippen molar-refractivity contribution in [3.8, 4) is 0 Å². The Morgan fingerprint density at radius 1 is 1.30 bits per heavy atom. The van der Waals surface area contributed by atoms with Crippen molar-refractivity contribution in [1.82, 2.24) is 14.5 Å². The van der Waals surface area contributed by atoms with Gasteiger partial charge in [0, 0.05) is 25.4 Å². The Kier molecular flexibility index (Phi) is 3.92. The highest BCUT2D eigenvalue weighted by atomic mass is 32.2. The maximum Gasteiger partial charge on any atom is 0.243 e. The number of aryl methyl sites for hydroxylation is 2. The van der Waals surface area contributed by atoms with Gasteiger partial charge in [-0.1, -0.05) is 0 Å². The van der Waals surface area contributed by atoms with Gasteiger partial charge in [0.25, 0.3) is 0 Å². The number of hydrogen-bond donors (Lipinski definition) is 1. The number of nitrogens with zero attached hydrogens (tertiary/aromatic N) is 2. The van der Waals surface area contributed by atoms with Gasteiger partial charge < -0.3 is 0 Å². The first kappa shape index (κ1) is 14.7. The first-order valence-corrected chi connectivity index (χ1v) is 7.47. The van der Waals surface area contributed by atoms with E-state index in [1.165, 1.54) is 23.5 Å². The first-order valence-electron chi connectivity index (χ1n) is 6.03. The molecular weight excluding hydrogens is 281 g/mol. The van der Waals surface area contributed by atoms with Crippen LogP contribution in [0.15, 0.2) is 29.4 Å². The third-order valence-corrected chi connectivity index (χ3v) is 5.16. The van der Waals surface area contributed by atoms with Crippen LogP contribution >= 0.6 is 0 Å². The van der Waals surface area contributed by atoms with Crippen molar-refractivity contribution in [3.63, 3.8) is 0 Å². The lowest BCUT2D eigenvalue weighted by Crippen LogP contribution is -2.27. The molecular formula is C13H16FN3O2S. The number of rotatable bonds is 4. The maximum absolute atomic E-state index is 13.3. The van der Waals surface area contributed by atoms with E-state index in [-0.39, 0.29) is 11.4 Å². The van der Waals surface area contributed by atoms with E-state index in [0.29, 0.717) is 11.1 Å². The Morgan fingerprint density at radius 2 is 1.90 bits per heavy atom. The van der Waals surface area contributed by atoms with Crippen LogP contribution in [0.1, 0.15) is 16.7 Å². The number of hydrogen-bond acceptors (Lipinski definition) is 3. The number of sulfonamides is 1. The molecule has 0 saturated carbocycles. The second kappa shape index (κ2) is 5.34. The topological polar surface area (TPSA) is 66.1 Å². The summed E-state index contributed by atoms with van der Waals surface area (Å²) in [4.78, 5) is 0.157. The van der Waals surface area contributed by atoms with Crippen LogP contribution < -0.4 is 0 Å². The molecule has 1 N–H and O–H groups in total. The van der Waals surface area contributed by atoms with Gasteiger partial charge in [0.1, 0.15) is 5.82 Å². The summed E-state index contributed by atoms with van der Waals surface area (Å²) in [6, 6.07) is 2.46. The molecule has 7 heteroatoms. The summed E-state index contributed by atoms with van der Waals surface area (Å²) in [5.41, 5.74) is 1.57. The summed E-state index contributed by atoms with van der Waals surface area (Å²) in [6.45, 7) is 3.39. The smallest absolute Gasteiger partial charge is 0.243 e. The first-order chi connectivity index (χ1) is 9.32. The van der Waals surface area contributed by atoms with Gasteiger partial charge in [-0.3, -0.25) is 5.10 Å². The highest BCUT2D eigenvalue weighted by Gasteiger charge is 2.25. The van der Waals surface area contributed by atoms with Gasteiger partial charge in [-0.05, 0) is 37.1 Å². The average Bonchev–Trinajstić information content (AvgIpc) is 2.79. The summed E-state index contributed by atoms with van der Waals surface area (Å²) < 4.78 is 39.7. The van der Waals surface area contributed by atoms with E-state index >= 15 is 0 Å². The second-order valence-electron chi connectivity index (χ2n) is 4.74. The molecule has 0 aliphatic rings. The van der Waals surface area contributed by atoms with Crippen LogP contribution in [0.3, 0.4) is 0 Å². The Labute approximate surface area is 117 Å². The standard InChI is InChI=1S/C13H16FN3O2S/c1-9-4-12(14)5-10(2)13(9)20(18,19)17(3)8-11-6-15-16-7-11/h4-7H,8H2,1-3H3,(H,15,16). The van der Waals surface area contributed by atoms with Gasteiger partial charge in [-0.2, -0.15) is 9.40 Å². The van der Waals surface area contributed by atoms with E-state index in [4.69, 9.17) is 0 Å². The van der Waals surface area contributed by atoms with Crippen molar-refractivity contribution >= 4 is 10.0 Å². The minimum absolute atomic E-state index is 0.157. The number of H-pyrrole nitrogens is 1. The molecule has 0 radical (unpaired) electrons. The number of aromatic nitrogens is 2. The zero-order chi connectivity index (χ0) is 14.9. The third-order valence-electron chi connectivity index (χ3n) is 3.05. The number of benzene rings is 1. The van der Waals surface area contributed by atoms with Crippen molar-refractivity contribution < 1.29 is 12.8 Å².